The first-order valence-electron chi connectivity index (χ1n) is 8.48. The number of nitriles is 1. The Kier molecular flexibility index (Phi) is 5.76. The van der Waals surface area contributed by atoms with Crippen LogP contribution in [0.5, 0.6) is 11.5 Å². The van der Waals surface area contributed by atoms with E-state index in [0.29, 0.717) is 27.8 Å². The lowest BCUT2D eigenvalue weighted by Gasteiger charge is -2.15. The molecule has 1 aliphatic rings. The molecule has 0 fully saturated rings. The van der Waals surface area contributed by atoms with Crippen LogP contribution in [0.1, 0.15) is 39.6 Å². The molecule has 2 aromatic rings. The van der Waals surface area contributed by atoms with Gasteiger partial charge in [-0.05, 0) is 41.1 Å². The van der Waals surface area contributed by atoms with E-state index in [4.69, 9.17) is 14.7 Å². The minimum atomic E-state index is -0.636. The maximum Gasteiger partial charge on any atom is 0.313 e. The van der Waals surface area contributed by atoms with Gasteiger partial charge in [0, 0.05) is 12.6 Å². The molecule has 2 aromatic carbocycles. The summed E-state index contributed by atoms with van der Waals surface area (Å²) in [6.45, 7) is 1.99. The summed E-state index contributed by atoms with van der Waals surface area (Å²) in [4.78, 5) is 38.0. The van der Waals surface area contributed by atoms with Gasteiger partial charge in [0.05, 0.1) is 40.3 Å². The highest BCUT2D eigenvalue weighted by Gasteiger charge is 2.35. The van der Waals surface area contributed by atoms with Gasteiger partial charge in [-0.2, -0.15) is 5.26 Å². The van der Waals surface area contributed by atoms with E-state index in [1.54, 1.807) is 31.2 Å². The zero-order chi connectivity index (χ0) is 20.3. The monoisotopic (exact) mass is 442 g/mol. The van der Waals surface area contributed by atoms with Crippen molar-refractivity contribution in [1.82, 2.24) is 4.90 Å². The molecule has 8 heteroatoms. The topological polar surface area (TPSA) is 96.7 Å². The highest BCUT2D eigenvalue weighted by atomic mass is 79.9. The maximum atomic E-state index is 12.3. The molecular formula is C20H15BrN2O5. The van der Waals surface area contributed by atoms with E-state index < -0.39 is 17.8 Å². The molecule has 0 atom stereocenters. The number of imide groups is 1. The van der Waals surface area contributed by atoms with Crippen LogP contribution in [0.25, 0.3) is 0 Å². The molecule has 1 heterocycles. The Bertz CT molecular complexity index is 977. The van der Waals surface area contributed by atoms with Crippen LogP contribution in [-0.2, 0) is 4.79 Å². The number of fused-ring (bicyclic) bond motifs is 1. The van der Waals surface area contributed by atoms with Crippen molar-refractivity contribution in [1.29, 1.82) is 5.26 Å². The molecule has 1 aliphatic heterocycles. The third kappa shape index (κ3) is 3.75. The van der Waals surface area contributed by atoms with Crippen molar-refractivity contribution in [2.75, 3.05) is 13.2 Å². The van der Waals surface area contributed by atoms with Gasteiger partial charge in [-0.1, -0.05) is 12.1 Å². The quantitative estimate of drug-likeness (QED) is 0.386. The van der Waals surface area contributed by atoms with Gasteiger partial charge >= 0.3 is 5.97 Å². The predicted octanol–water partition coefficient (Wildman–Crippen LogP) is 3.31. The van der Waals surface area contributed by atoms with Gasteiger partial charge in [-0.3, -0.25) is 19.3 Å². The lowest BCUT2D eigenvalue weighted by Crippen LogP contribution is -2.32. The van der Waals surface area contributed by atoms with E-state index in [0.717, 1.165) is 4.90 Å². The molecule has 0 spiro atoms. The lowest BCUT2D eigenvalue weighted by molar-refractivity contribution is -0.134. The summed E-state index contributed by atoms with van der Waals surface area (Å²) in [5.74, 6) is -1.09. The van der Waals surface area contributed by atoms with Gasteiger partial charge in [0.25, 0.3) is 11.8 Å². The Hall–Kier alpha value is -3.18. The first kappa shape index (κ1) is 19.6. The molecule has 0 aliphatic carbocycles. The summed E-state index contributed by atoms with van der Waals surface area (Å²) in [6.07, 6.45) is -0.177. The Morgan fingerprint density at radius 2 is 1.82 bits per heavy atom. The van der Waals surface area contributed by atoms with Crippen molar-refractivity contribution in [3.8, 4) is 17.6 Å². The number of carbonyl (C=O) groups is 3. The number of hydrogen-bond acceptors (Lipinski definition) is 6. The molecular weight excluding hydrogens is 428 g/mol. The number of carbonyl (C=O) groups excluding carboxylic acids is 3. The average Bonchev–Trinajstić information content (AvgIpc) is 2.93. The molecule has 0 aromatic heterocycles. The standard InChI is InChI=1S/C20H15BrN2O5/c1-2-27-16-10-12(11-22)9-15(21)18(16)28-17(24)7-8-23-19(25)13-5-3-4-6-14(13)20(23)26/h3-6,9-10H,2,7-8H2,1H3. The fraction of sp³-hybridized carbons (Fsp3) is 0.200. The number of amides is 2. The third-order valence-electron chi connectivity index (χ3n) is 4.07. The van der Waals surface area contributed by atoms with E-state index >= 15 is 0 Å². The van der Waals surface area contributed by atoms with Crippen molar-refractivity contribution in [3.63, 3.8) is 0 Å². The molecule has 0 bridgehead atoms. The zero-order valence-corrected chi connectivity index (χ0v) is 16.5. The molecule has 2 amide bonds. The Labute approximate surface area is 169 Å². The Morgan fingerprint density at radius 3 is 2.39 bits per heavy atom. The number of halogens is 1. The van der Waals surface area contributed by atoms with Crippen LogP contribution in [0.4, 0.5) is 0 Å². The van der Waals surface area contributed by atoms with Crippen molar-refractivity contribution in [2.24, 2.45) is 0 Å². The van der Waals surface area contributed by atoms with Gasteiger partial charge in [-0.25, -0.2) is 0 Å². The first-order chi connectivity index (χ1) is 13.5. The molecule has 0 saturated heterocycles. The van der Waals surface area contributed by atoms with Crippen LogP contribution < -0.4 is 9.47 Å². The van der Waals surface area contributed by atoms with Crippen LogP contribution in [0.2, 0.25) is 0 Å². The molecule has 28 heavy (non-hydrogen) atoms. The van der Waals surface area contributed by atoms with Crippen molar-refractivity contribution >= 4 is 33.7 Å². The number of ether oxygens (including phenoxy) is 2. The van der Waals surface area contributed by atoms with Crippen molar-refractivity contribution in [3.05, 3.63) is 57.6 Å². The molecule has 0 unspecified atom stereocenters. The summed E-state index contributed by atoms with van der Waals surface area (Å²) in [6, 6.07) is 11.5. The highest BCUT2D eigenvalue weighted by molar-refractivity contribution is 9.10. The molecule has 7 nitrogen and oxygen atoms in total. The summed E-state index contributed by atoms with van der Waals surface area (Å²) in [5, 5.41) is 9.05. The van der Waals surface area contributed by atoms with Crippen molar-refractivity contribution < 1.29 is 23.9 Å². The fourth-order valence-corrected chi connectivity index (χ4v) is 3.33. The van der Waals surface area contributed by atoms with Crippen LogP contribution in [-0.4, -0.2) is 35.8 Å². The lowest BCUT2D eigenvalue weighted by atomic mass is 10.1. The van der Waals surface area contributed by atoms with E-state index in [9.17, 15) is 14.4 Å². The molecule has 0 saturated carbocycles. The fourth-order valence-electron chi connectivity index (χ4n) is 2.80. The number of hydrogen-bond donors (Lipinski definition) is 0. The molecule has 0 N–H and O–H groups in total. The van der Waals surface area contributed by atoms with Gasteiger partial charge in [0.15, 0.2) is 11.5 Å². The van der Waals surface area contributed by atoms with Gasteiger partial charge in [0.2, 0.25) is 0 Å². The largest absolute Gasteiger partial charge is 0.490 e. The smallest absolute Gasteiger partial charge is 0.313 e. The number of benzene rings is 2. The summed E-state index contributed by atoms with van der Waals surface area (Å²) in [5.41, 5.74) is 1.00. The van der Waals surface area contributed by atoms with Crippen LogP contribution in [0.15, 0.2) is 40.9 Å². The minimum Gasteiger partial charge on any atom is -0.490 e. The van der Waals surface area contributed by atoms with Crippen LogP contribution in [0.3, 0.4) is 0 Å². The van der Waals surface area contributed by atoms with Gasteiger partial charge in [-0.15, -0.1) is 0 Å². The second-order valence-corrected chi connectivity index (χ2v) is 6.72. The molecule has 3 rings (SSSR count). The number of nitrogens with zero attached hydrogens (tertiary/aromatic N) is 2. The molecule has 142 valence electrons. The minimum absolute atomic E-state index is 0.0942. The third-order valence-corrected chi connectivity index (χ3v) is 4.66. The normalized spacial score (nSPS) is 12.5. The van der Waals surface area contributed by atoms with E-state index in [1.165, 1.54) is 12.1 Å². The van der Waals surface area contributed by atoms with Crippen molar-refractivity contribution in [2.45, 2.75) is 13.3 Å². The first-order valence-corrected chi connectivity index (χ1v) is 9.28. The van der Waals surface area contributed by atoms with Gasteiger partial charge in [0.1, 0.15) is 0 Å². The second-order valence-electron chi connectivity index (χ2n) is 5.86. The van der Waals surface area contributed by atoms with E-state index in [-0.39, 0.29) is 24.5 Å². The zero-order valence-electron chi connectivity index (χ0n) is 14.9. The van der Waals surface area contributed by atoms with Crippen LogP contribution >= 0.6 is 15.9 Å². The summed E-state index contributed by atoms with van der Waals surface area (Å²) in [7, 11) is 0. The Morgan fingerprint density at radius 1 is 1.18 bits per heavy atom. The average molecular weight is 443 g/mol. The molecule has 0 radical (unpaired) electrons. The SMILES string of the molecule is CCOc1cc(C#N)cc(Br)c1OC(=O)CCN1C(=O)c2ccccc2C1=O. The predicted molar refractivity (Wildman–Crippen MR) is 102 cm³/mol. The second kappa shape index (κ2) is 8.23. The van der Waals surface area contributed by atoms with E-state index in [1.807, 2.05) is 6.07 Å². The van der Waals surface area contributed by atoms with Crippen LogP contribution in [0, 0.1) is 11.3 Å². The summed E-state index contributed by atoms with van der Waals surface area (Å²) >= 11 is 3.27. The highest BCUT2D eigenvalue weighted by Crippen LogP contribution is 2.37. The summed E-state index contributed by atoms with van der Waals surface area (Å²) < 4.78 is 11.2. The Balaban J connectivity index is 1.70. The number of esters is 1. The van der Waals surface area contributed by atoms with Gasteiger partial charge < -0.3 is 9.47 Å². The number of rotatable bonds is 6. The maximum absolute atomic E-state index is 12.3. The van der Waals surface area contributed by atoms with E-state index in [2.05, 4.69) is 15.9 Å².